The fourth-order valence-corrected chi connectivity index (χ4v) is 3.01. The highest BCUT2D eigenvalue weighted by atomic mass is 32.2. The van der Waals surface area contributed by atoms with Crippen LogP contribution in [0.25, 0.3) is 0 Å². The van der Waals surface area contributed by atoms with Crippen LogP contribution in [0.4, 0.5) is 5.82 Å². The van der Waals surface area contributed by atoms with E-state index in [0.29, 0.717) is 11.2 Å². The molecule has 2 heterocycles. The minimum Gasteiger partial charge on any atom is -0.370 e. The Morgan fingerprint density at radius 2 is 2.29 bits per heavy atom. The number of H-pyrrole nitrogens is 1. The van der Waals surface area contributed by atoms with Crippen molar-refractivity contribution in [3.05, 3.63) is 22.4 Å². The van der Waals surface area contributed by atoms with Gasteiger partial charge in [0.25, 0.3) is 0 Å². The van der Waals surface area contributed by atoms with Crippen molar-refractivity contribution in [3.8, 4) is 0 Å². The maximum atomic E-state index is 11.8. The van der Waals surface area contributed by atoms with Gasteiger partial charge < -0.3 is 5.32 Å². The number of anilines is 1. The summed E-state index contributed by atoms with van der Waals surface area (Å²) >= 11 is 1.41. The highest BCUT2D eigenvalue weighted by Gasteiger charge is 2.29. The zero-order valence-corrected chi connectivity index (χ0v) is 12.9. The van der Waals surface area contributed by atoms with E-state index in [-0.39, 0.29) is 5.69 Å². The van der Waals surface area contributed by atoms with Gasteiger partial charge in [-0.25, -0.2) is 19.9 Å². The Bertz CT molecular complexity index is 690. The second-order valence-corrected chi connectivity index (χ2v) is 6.05. The lowest BCUT2D eigenvalue weighted by Crippen LogP contribution is -2.16. The number of aromatic nitrogens is 5. The molecule has 7 nitrogen and oxygen atoms in total. The van der Waals surface area contributed by atoms with Crippen LogP contribution in [-0.2, 0) is 0 Å². The number of hydrogen-bond acceptors (Lipinski definition) is 6. The summed E-state index contributed by atoms with van der Waals surface area (Å²) < 4.78 is 1.73. The summed E-state index contributed by atoms with van der Waals surface area (Å²) in [6.45, 7) is 4.96. The summed E-state index contributed by atoms with van der Waals surface area (Å²) in [5, 5.41) is 11.4. The first-order valence-electron chi connectivity index (χ1n) is 7.11. The van der Waals surface area contributed by atoms with Gasteiger partial charge in [-0.05, 0) is 37.9 Å². The van der Waals surface area contributed by atoms with Crippen molar-refractivity contribution in [2.75, 3.05) is 11.9 Å². The minimum absolute atomic E-state index is 0.143. The Hall–Kier alpha value is -1.83. The van der Waals surface area contributed by atoms with Crippen LogP contribution in [0.5, 0.6) is 0 Å². The molecule has 1 aliphatic rings. The van der Waals surface area contributed by atoms with E-state index < -0.39 is 0 Å². The van der Waals surface area contributed by atoms with Crippen LogP contribution in [0.1, 0.15) is 37.8 Å². The fourth-order valence-electron chi connectivity index (χ4n) is 2.06. The van der Waals surface area contributed by atoms with Gasteiger partial charge in [-0.3, -0.25) is 4.57 Å². The van der Waals surface area contributed by atoms with Crippen LogP contribution in [0.2, 0.25) is 0 Å². The van der Waals surface area contributed by atoms with E-state index >= 15 is 0 Å². The van der Waals surface area contributed by atoms with Gasteiger partial charge in [-0.15, -0.1) is 5.10 Å². The zero-order valence-electron chi connectivity index (χ0n) is 12.1. The number of nitrogens with zero attached hydrogens (tertiary/aromatic N) is 4. The van der Waals surface area contributed by atoms with Gasteiger partial charge in [0.05, 0.1) is 0 Å². The largest absolute Gasteiger partial charge is 0.370 e. The SMILES string of the molecule is CCCNc1ncnc(Sc2n[nH]c(=O)n2C2CC2)c1C. The van der Waals surface area contributed by atoms with E-state index in [9.17, 15) is 4.79 Å². The van der Waals surface area contributed by atoms with Gasteiger partial charge in [0.2, 0.25) is 0 Å². The molecule has 0 saturated heterocycles. The molecule has 21 heavy (non-hydrogen) atoms. The molecule has 0 bridgehead atoms. The van der Waals surface area contributed by atoms with Crippen LogP contribution in [0, 0.1) is 6.92 Å². The Labute approximate surface area is 126 Å². The maximum absolute atomic E-state index is 11.8. The summed E-state index contributed by atoms with van der Waals surface area (Å²) in [4.78, 5) is 20.4. The predicted octanol–water partition coefficient (Wildman–Crippen LogP) is 1.98. The molecule has 1 saturated carbocycles. The molecule has 2 aromatic rings. The predicted molar refractivity (Wildman–Crippen MR) is 80.8 cm³/mol. The van der Waals surface area contributed by atoms with Crippen molar-refractivity contribution in [1.82, 2.24) is 24.7 Å². The van der Waals surface area contributed by atoms with Crippen molar-refractivity contribution in [2.24, 2.45) is 0 Å². The molecule has 0 aliphatic heterocycles. The van der Waals surface area contributed by atoms with Crippen LogP contribution in [0.15, 0.2) is 21.3 Å². The third-order valence-corrected chi connectivity index (χ3v) is 4.43. The van der Waals surface area contributed by atoms with E-state index in [0.717, 1.165) is 42.2 Å². The van der Waals surface area contributed by atoms with E-state index in [2.05, 4.69) is 32.4 Å². The molecule has 3 rings (SSSR count). The number of rotatable bonds is 6. The Morgan fingerprint density at radius 3 is 3.00 bits per heavy atom. The lowest BCUT2D eigenvalue weighted by molar-refractivity contribution is 0.642. The van der Waals surface area contributed by atoms with Crippen LogP contribution >= 0.6 is 11.8 Å². The highest BCUT2D eigenvalue weighted by Crippen LogP contribution is 2.38. The summed E-state index contributed by atoms with van der Waals surface area (Å²) in [6, 6.07) is 0.290. The number of hydrogen-bond donors (Lipinski definition) is 2. The Kier molecular flexibility index (Phi) is 3.96. The number of nitrogens with one attached hydrogen (secondary N) is 2. The molecule has 2 aromatic heterocycles. The molecular formula is C13H18N6OS. The third-order valence-electron chi connectivity index (χ3n) is 3.35. The first-order valence-corrected chi connectivity index (χ1v) is 7.92. The van der Waals surface area contributed by atoms with E-state index in [1.807, 2.05) is 6.92 Å². The monoisotopic (exact) mass is 306 g/mol. The summed E-state index contributed by atoms with van der Waals surface area (Å²) in [6.07, 6.45) is 4.66. The molecule has 2 N–H and O–H groups in total. The van der Waals surface area contributed by atoms with Crippen molar-refractivity contribution < 1.29 is 0 Å². The van der Waals surface area contributed by atoms with Gasteiger partial charge >= 0.3 is 5.69 Å². The van der Waals surface area contributed by atoms with Crippen molar-refractivity contribution in [3.63, 3.8) is 0 Å². The van der Waals surface area contributed by atoms with Gasteiger partial charge in [-0.1, -0.05) is 6.92 Å². The summed E-state index contributed by atoms with van der Waals surface area (Å²) in [7, 11) is 0. The molecule has 0 radical (unpaired) electrons. The Morgan fingerprint density at radius 1 is 1.48 bits per heavy atom. The van der Waals surface area contributed by atoms with Gasteiger partial charge in [-0.2, -0.15) is 0 Å². The van der Waals surface area contributed by atoms with Crippen LogP contribution in [0.3, 0.4) is 0 Å². The fraction of sp³-hybridized carbons (Fsp3) is 0.538. The molecule has 112 valence electrons. The van der Waals surface area contributed by atoms with Crippen molar-refractivity contribution >= 4 is 17.6 Å². The second kappa shape index (κ2) is 5.88. The maximum Gasteiger partial charge on any atom is 0.344 e. The first kappa shape index (κ1) is 14.1. The standard InChI is InChI=1S/C13H18N6OS/c1-3-6-14-10-8(2)11(16-7-15-10)21-13-18-17-12(20)19(13)9-4-5-9/h7,9H,3-6H2,1-2H3,(H,17,20)(H,14,15,16). The Balaban J connectivity index is 1.86. The van der Waals surface area contributed by atoms with E-state index in [4.69, 9.17) is 0 Å². The van der Waals surface area contributed by atoms with Crippen LogP contribution in [-0.4, -0.2) is 31.3 Å². The lowest BCUT2D eigenvalue weighted by Gasteiger charge is -2.10. The molecule has 1 aliphatic carbocycles. The summed E-state index contributed by atoms with van der Waals surface area (Å²) in [5.74, 6) is 0.838. The average molecular weight is 306 g/mol. The van der Waals surface area contributed by atoms with Crippen molar-refractivity contribution in [2.45, 2.75) is 49.3 Å². The molecule has 0 amide bonds. The van der Waals surface area contributed by atoms with Crippen molar-refractivity contribution in [1.29, 1.82) is 0 Å². The van der Waals surface area contributed by atoms with E-state index in [1.54, 1.807) is 10.9 Å². The first-order chi connectivity index (χ1) is 10.2. The molecule has 0 atom stereocenters. The molecule has 1 fully saturated rings. The second-order valence-electron chi connectivity index (χ2n) is 5.09. The normalized spacial score (nSPS) is 14.4. The van der Waals surface area contributed by atoms with Crippen LogP contribution < -0.4 is 11.0 Å². The zero-order chi connectivity index (χ0) is 14.8. The highest BCUT2D eigenvalue weighted by molar-refractivity contribution is 7.99. The topological polar surface area (TPSA) is 88.5 Å². The van der Waals surface area contributed by atoms with Gasteiger partial charge in [0.1, 0.15) is 17.2 Å². The van der Waals surface area contributed by atoms with Gasteiger partial charge in [0, 0.05) is 18.2 Å². The molecule has 8 heteroatoms. The minimum atomic E-state index is -0.143. The summed E-state index contributed by atoms with van der Waals surface area (Å²) in [5.41, 5.74) is 0.838. The third kappa shape index (κ3) is 2.94. The van der Waals surface area contributed by atoms with Gasteiger partial charge in [0.15, 0.2) is 5.16 Å². The van der Waals surface area contributed by atoms with E-state index in [1.165, 1.54) is 11.8 Å². The molecule has 0 aromatic carbocycles. The molecule has 0 unspecified atom stereocenters. The molecule has 0 spiro atoms. The number of aromatic amines is 1. The quantitative estimate of drug-likeness (QED) is 0.793. The lowest BCUT2D eigenvalue weighted by atomic mass is 10.3. The smallest absolute Gasteiger partial charge is 0.344 e. The average Bonchev–Trinajstić information content (AvgIpc) is 3.24. The molecular weight excluding hydrogens is 288 g/mol.